The summed E-state index contributed by atoms with van der Waals surface area (Å²) in [5, 5.41) is 7.47. The summed E-state index contributed by atoms with van der Waals surface area (Å²) in [6.45, 7) is 10.1. The van der Waals surface area contributed by atoms with Crippen molar-refractivity contribution in [3.8, 4) is 0 Å². The van der Waals surface area contributed by atoms with E-state index < -0.39 is 0 Å². The second-order valence-electron chi connectivity index (χ2n) is 5.27. The summed E-state index contributed by atoms with van der Waals surface area (Å²) in [6.07, 6.45) is 2.02. The van der Waals surface area contributed by atoms with Gasteiger partial charge in [-0.15, -0.1) is 0 Å². The molecule has 0 saturated carbocycles. The lowest BCUT2D eigenvalue weighted by Gasteiger charge is -2.18. The van der Waals surface area contributed by atoms with E-state index in [2.05, 4.69) is 36.2 Å². The molecule has 0 aliphatic carbocycles. The maximum absolute atomic E-state index is 5.73. The molecule has 1 aromatic heterocycles. The van der Waals surface area contributed by atoms with Crippen molar-refractivity contribution in [3.05, 3.63) is 11.7 Å². The van der Waals surface area contributed by atoms with Crippen LogP contribution in [0, 0.1) is 0 Å². The Morgan fingerprint density at radius 2 is 2.22 bits per heavy atom. The fourth-order valence-electron chi connectivity index (χ4n) is 2.30. The molecule has 2 heterocycles. The number of aromatic nitrogens is 2. The van der Waals surface area contributed by atoms with Crippen LogP contribution in [0.5, 0.6) is 0 Å². The Balaban J connectivity index is 2.10. The van der Waals surface area contributed by atoms with Gasteiger partial charge < -0.3 is 14.6 Å². The molecular formula is C13H23N3O2. The van der Waals surface area contributed by atoms with Gasteiger partial charge in [0.15, 0.2) is 0 Å². The number of likely N-dealkylation sites (N-methyl/N-ethyl adjacent to an activating group) is 1. The van der Waals surface area contributed by atoms with Gasteiger partial charge >= 0.3 is 0 Å². The standard InChI is InChI=1S/C13H23N3O2/c1-5-14-10(3)9(2)11-15-12(16-18-11)13(4)7-6-8-17-13/h9-10,14H,5-8H2,1-4H3. The average Bonchev–Trinajstić information content (AvgIpc) is 2.97. The SMILES string of the molecule is CCNC(C)C(C)c1nc(C2(C)CCCO2)no1. The lowest BCUT2D eigenvalue weighted by atomic mass is 10.0. The third kappa shape index (κ3) is 2.57. The second-order valence-corrected chi connectivity index (χ2v) is 5.27. The molecule has 0 bridgehead atoms. The van der Waals surface area contributed by atoms with Crippen molar-refractivity contribution in [1.82, 2.24) is 15.5 Å². The van der Waals surface area contributed by atoms with E-state index in [0.717, 1.165) is 26.0 Å². The molecule has 0 radical (unpaired) electrons. The number of hydrogen-bond acceptors (Lipinski definition) is 5. The van der Waals surface area contributed by atoms with Crippen LogP contribution >= 0.6 is 0 Å². The molecule has 1 aliphatic heterocycles. The third-order valence-corrected chi connectivity index (χ3v) is 3.80. The van der Waals surface area contributed by atoms with Crippen molar-refractivity contribution in [2.75, 3.05) is 13.2 Å². The van der Waals surface area contributed by atoms with E-state index in [1.54, 1.807) is 0 Å². The minimum atomic E-state index is -0.358. The van der Waals surface area contributed by atoms with Crippen molar-refractivity contribution in [3.63, 3.8) is 0 Å². The molecule has 1 aromatic rings. The van der Waals surface area contributed by atoms with E-state index in [4.69, 9.17) is 9.26 Å². The Morgan fingerprint density at radius 1 is 1.44 bits per heavy atom. The van der Waals surface area contributed by atoms with Gasteiger partial charge in [0.2, 0.25) is 11.7 Å². The largest absolute Gasteiger partial charge is 0.367 e. The van der Waals surface area contributed by atoms with Crippen LogP contribution in [0.3, 0.4) is 0 Å². The van der Waals surface area contributed by atoms with E-state index >= 15 is 0 Å². The average molecular weight is 253 g/mol. The molecule has 3 unspecified atom stereocenters. The molecule has 5 nitrogen and oxygen atoms in total. The fourth-order valence-corrected chi connectivity index (χ4v) is 2.30. The number of ether oxygens (including phenoxy) is 1. The van der Waals surface area contributed by atoms with Gasteiger partial charge in [0, 0.05) is 12.6 Å². The lowest BCUT2D eigenvalue weighted by Crippen LogP contribution is -2.30. The Hall–Kier alpha value is -0.940. The van der Waals surface area contributed by atoms with Crippen LogP contribution in [0.15, 0.2) is 4.52 Å². The van der Waals surface area contributed by atoms with E-state index in [1.165, 1.54) is 0 Å². The van der Waals surface area contributed by atoms with Crippen molar-refractivity contribution in [2.24, 2.45) is 0 Å². The maximum atomic E-state index is 5.73. The molecule has 3 atom stereocenters. The van der Waals surface area contributed by atoms with E-state index in [0.29, 0.717) is 17.8 Å². The molecule has 0 aromatic carbocycles. The Kier molecular flexibility index (Phi) is 4.02. The predicted octanol–water partition coefficient (Wildman–Crippen LogP) is 2.20. The van der Waals surface area contributed by atoms with Gasteiger partial charge in [-0.2, -0.15) is 4.98 Å². The van der Waals surface area contributed by atoms with E-state index in [1.807, 2.05) is 6.92 Å². The third-order valence-electron chi connectivity index (χ3n) is 3.80. The summed E-state index contributed by atoms with van der Waals surface area (Å²) >= 11 is 0. The topological polar surface area (TPSA) is 60.2 Å². The Bertz CT molecular complexity index is 385. The normalized spacial score (nSPS) is 27.3. The van der Waals surface area contributed by atoms with E-state index in [9.17, 15) is 0 Å². The molecule has 18 heavy (non-hydrogen) atoms. The van der Waals surface area contributed by atoms with Gasteiger partial charge in [-0.1, -0.05) is 19.0 Å². The number of nitrogens with one attached hydrogen (secondary N) is 1. The van der Waals surface area contributed by atoms with Crippen molar-refractivity contribution >= 4 is 0 Å². The molecule has 0 spiro atoms. The first-order valence-electron chi connectivity index (χ1n) is 6.78. The lowest BCUT2D eigenvalue weighted by molar-refractivity contribution is 0.00768. The first-order valence-corrected chi connectivity index (χ1v) is 6.78. The molecule has 0 amide bonds. The summed E-state index contributed by atoms with van der Waals surface area (Å²) in [5.74, 6) is 1.58. The first-order chi connectivity index (χ1) is 8.57. The van der Waals surface area contributed by atoms with E-state index in [-0.39, 0.29) is 11.5 Å². The summed E-state index contributed by atoms with van der Waals surface area (Å²) in [5.41, 5.74) is -0.358. The predicted molar refractivity (Wildman–Crippen MR) is 68.4 cm³/mol. The minimum absolute atomic E-state index is 0.205. The van der Waals surface area contributed by atoms with Crippen LogP contribution in [-0.2, 0) is 10.3 Å². The van der Waals surface area contributed by atoms with Crippen LogP contribution in [-0.4, -0.2) is 29.3 Å². The van der Waals surface area contributed by atoms with Crippen molar-refractivity contribution in [1.29, 1.82) is 0 Å². The quantitative estimate of drug-likeness (QED) is 0.871. The summed E-state index contributed by atoms with van der Waals surface area (Å²) in [6, 6.07) is 0.320. The summed E-state index contributed by atoms with van der Waals surface area (Å²) in [7, 11) is 0. The zero-order valence-electron chi connectivity index (χ0n) is 11.7. The second kappa shape index (κ2) is 5.36. The van der Waals surface area contributed by atoms with Crippen LogP contribution in [0.1, 0.15) is 58.2 Å². The number of hydrogen-bond donors (Lipinski definition) is 1. The van der Waals surface area contributed by atoms with Crippen molar-refractivity contribution < 1.29 is 9.26 Å². The Morgan fingerprint density at radius 3 is 2.83 bits per heavy atom. The van der Waals surface area contributed by atoms with Crippen LogP contribution in [0.4, 0.5) is 0 Å². The number of rotatable bonds is 5. The molecule has 102 valence electrons. The minimum Gasteiger partial charge on any atom is -0.367 e. The highest BCUT2D eigenvalue weighted by Crippen LogP contribution is 2.34. The van der Waals surface area contributed by atoms with Crippen molar-refractivity contribution in [2.45, 2.75) is 58.1 Å². The van der Waals surface area contributed by atoms with Gasteiger partial charge in [0.1, 0.15) is 5.60 Å². The highest BCUT2D eigenvalue weighted by Gasteiger charge is 2.37. The fraction of sp³-hybridized carbons (Fsp3) is 0.846. The van der Waals surface area contributed by atoms with Gasteiger partial charge in [0.05, 0.1) is 5.92 Å². The Labute approximate surface area is 108 Å². The maximum Gasteiger partial charge on any atom is 0.231 e. The zero-order chi connectivity index (χ0) is 13.2. The summed E-state index contributed by atoms with van der Waals surface area (Å²) < 4.78 is 11.1. The van der Waals surface area contributed by atoms with Gasteiger partial charge in [-0.25, -0.2) is 0 Å². The number of nitrogens with zero attached hydrogens (tertiary/aromatic N) is 2. The van der Waals surface area contributed by atoms with Gasteiger partial charge in [0.25, 0.3) is 0 Å². The monoisotopic (exact) mass is 253 g/mol. The molecule has 1 saturated heterocycles. The molecular weight excluding hydrogens is 230 g/mol. The van der Waals surface area contributed by atoms with Gasteiger partial charge in [-0.05, 0) is 33.2 Å². The zero-order valence-corrected chi connectivity index (χ0v) is 11.7. The first kappa shape index (κ1) is 13.5. The molecule has 5 heteroatoms. The van der Waals surface area contributed by atoms with Crippen LogP contribution in [0.2, 0.25) is 0 Å². The van der Waals surface area contributed by atoms with Crippen LogP contribution in [0.25, 0.3) is 0 Å². The van der Waals surface area contributed by atoms with Gasteiger partial charge in [-0.3, -0.25) is 0 Å². The highest BCUT2D eigenvalue weighted by molar-refractivity contribution is 5.04. The molecule has 2 rings (SSSR count). The summed E-state index contributed by atoms with van der Waals surface area (Å²) in [4.78, 5) is 4.52. The molecule has 1 fully saturated rings. The smallest absolute Gasteiger partial charge is 0.231 e. The molecule has 1 aliphatic rings. The molecule has 1 N–H and O–H groups in total. The van der Waals surface area contributed by atoms with Crippen LogP contribution < -0.4 is 5.32 Å². The highest BCUT2D eigenvalue weighted by atomic mass is 16.5.